The number of hydrogen-bond acceptors (Lipinski definition) is 0. The Balaban J connectivity index is 4.05. The highest BCUT2D eigenvalue weighted by Crippen LogP contribution is 2.18. The molecule has 0 radical (unpaired) electrons. The third kappa shape index (κ3) is 4.83. The van der Waals surface area contributed by atoms with Gasteiger partial charge in [0.2, 0.25) is 0 Å². The number of rotatable bonds is 2. The molecule has 0 saturated heterocycles. The Bertz CT molecular complexity index is 146. The highest BCUT2D eigenvalue weighted by atomic mass is 28.4. The van der Waals surface area contributed by atoms with Crippen molar-refractivity contribution in [2.45, 2.75) is 38.4 Å². The molecule has 58 valence electrons. The van der Waals surface area contributed by atoms with Crippen LogP contribution < -0.4 is 0 Å². The monoisotopic (exact) mass is 169 g/mol. The second-order valence-corrected chi connectivity index (χ2v) is 15.3. The molecule has 0 fully saturated rings. The Morgan fingerprint density at radius 3 is 1.60 bits per heavy atom. The van der Waals surface area contributed by atoms with Crippen LogP contribution in [0.2, 0.25) is 38.4 Å². The van der Waals surface area contributed by atoms with Crippen molar-refractivity contribution in [2.75, 3.05) is 0 Å². The molecule has 0 N–H and O–H groups in total. The van der Waals surface area contributed by atoms with Crippen LogP contribution in [-0.4, -0.2) is 16.1 Å². The van der Waals surface area contributed by atoms with E-state index in [0.717, 1.165) is 0 Å². The summed E-state index contributed by atoms with van der Waals surface area (Å²) in [6.45, 7) is 11.5. The first-order chi connectivity index (χ1) is 4.27. The van der Waals surface area contributed by atoms with Gasteiger partial charge in [0.1, 0.15) is 0 Å². The van der Waals surface area contributed by atoms with Crippen LogP contribution in [0.3, 0.4) is 0 Å². The summed E-state index contributed by atoms with van der Waals surface area (Å²) >= 11 is 0. The van der Waals surface area contributed by atoms with Crippen molar-refractivity contribution in [3.63, 3.8) is 0 Å². The van der Waals surface area contributed by atoms with Gasteiger partial charge >= 0.3 is 0 Å². The van der Waals surface area contributed by atoms with Crippen LogP contribution in [0.1, 0.15) is 0 Å². The Morgan fingerprint density at radius 2 is 1.50 bits per heavy atom. The summed E-state index contributed by atoms with van der Waals surface area (Å²) < 4.78 is 0. The third-order valence-corrected chi connectivity index (χ3v) is 9.77. The predicted molar refractivity (Wildman–Crippen MR) is 52.8 cm³/mol. The summed E-state index contributed by atoms with van der Waals surface area (Å²) in [6, 6.07) is 0. The molecule has 0 rings (SSSR count). The van der Waals surface area contributed by atoms with E-state index >= 15 is 0 Å². The van der Waals surface area contributed by atoms with Crippen LogP contribution in [0, 0.1) is 12.0 Å². The quantitative estimate of drug-likeness (QED) is 0.339. The van der Waals surface area contributed by atoms with Gasteiger partial charge in [0.15, 0.2) is 0 Å². The van der Waals surface area contributed by atoms with E-state index < -0.39 is 16.1 Å². The van der Waals surface area contributed by atoms with Crippen molar-refractivity contribution in [3.05, 3.63) is 6.42 Å². The fraction of sp³-hybridized carbons (Fsp3) is 0.750. The van der Waals surface area contributed by atoms with E-state index in [2.05, 4.69) is 38.3 Å². The summed E-state index contributed by atoms with van der Waals surface area (Å²) in [5.74, 6) is 0. The normalized spacial score (nSPS) is 12.8. The maximum absolute atomic E-state index is 7.12. The molecule has 0 aromatic heterocycles. The summed E-state index contributed by atoms with van der Waals surface area (Å²) in [4.78, 5) is 0. The van der Waals surface area contributed by atoms with Crippen molar-refractivity contribution >= 4 is 16.1 Å². The fourth-order valence-electron chi connectivity index (χ4n) is 1.37. The molecular weight excluding hydrogens is 152 g/mol. The first kappa shape index (κ1) is 9.99. The molecule has 10 heavy (non-hydrogen) atoms. The van der Waals surface area contributed by atoms with Crippen LogP contribution in [0.4, 0.5) is 0 Å². The molecule has 0 spiro atoms. The highest BCUT2D eigenvalue weighted by Gasteiger charge is 2.23. The zero-order chi connectivity index (χ0) is 8.41. The van der Waals surface area contributed by atoms with Gasteiger partial charge in [-0.1, -0.05) is 38.4 Å². The van der Waals surface area contributed by atoms with Gasteiger partial charge in [0.05, 0.1) is 8.07 Å². The maximum Gasteiger partial charge on any atom is 0.0811 e. The van der Waals surface area contributed by atoms with Gasteiger partial charge in [-0.05, 0) is 0 Å². The lowest BCUT2D eigenvalue weighted by atomic mass is 11.4. The van der Waals surface area contributed by atoms with Gasteiger partial charge in [-0.2, -0.15) is 0 Å². The minimum Gasteiger partial charge on any atom is -0.701 e. The minimum absolute atomic E-state index is 0.934. The second kappa shape index (κ2) is 2.93. The Morgan fingerprint density at radius 1 is 1.10 bits per heavy atom. The lowest BCUT2D eigenvalue weighted by Crippen LogP contribution is -2.36. The van der Waals surface area contributed by atoms with Crippen LogP contribution in [0.5, 0.6) is 0 Å². The summed E-state index contributed by atoms with van der Waals surface area (Å²) in [7, 11) is -2.27. The van der Waals surface area contributed by atoms with E-state index in [1.165, 1.54) is 5.67 Å². The lowest BCUT2D eigenvalue weighted by molar-refractivity contribution is 1.56. The van der Waals surface area contributed by atoms with Gasteiger partial charge in [0.25, 0.3) is 0 Å². The van der Waals surface area contributed by atoms with E-state index in [9.17, 15) is 0 Å². The van der Waals surface area contributed by atoms with Crippen molar-refractivity contribution in [1.29, 1.82) is 0 Å². The molecule has 0 aliphatic carbocycles. The molecule has 0 heterocycles. The topological polar surface area (TPSA) is 0 Å². The molecule has 0 atom stereocenters. The molecule has 0 aliphatic heterocycles. The van der Waals surface area contributed by atoms with Crippen molar-refractivity contribution < 1.29 is 0 Å². The van der Waals surface area contributed by atoms with Gasteiger partial charge in [-0.25, -0.2) is 0 Å². The summed E-state index contributed by atoms with van der Waals surface area (Å²) in [6.07, 6.45) is 7.12. The molecule has 0 nitrogen and oxygen atoms in total. The van der Waals surface area contributed by atoms with Crippen LogP contribution >= 0.6 is 0 Å². The van der Waals surface area contributed by atoms with Crippen LogP contribution in [0.15, 0.2) is 0 Å². The van der Waals surface area contributed by atoms with Gasteiger partial charge < -0.3 is 12.0 Å². The van der Waals surface area contributed by atoms with Crippen molar-refractivity contribution in [2.24, 2.45) is 0 Å². The highest BCUT2D eigenvalue weighted by molar-refractivity contribution is 6.98. The molecule has 0 bridgehead atoms. The van der Waals surface area contributed by atoms with Crippen molar-refractivity contribution in [1.82, 2.24) is 0 Å². The summed E-state index contributed by atoms with van der Waals surface area (Å²) in [5, 5.41) is 0. The Kier molecular flexibility index (Phi) is 2.93. The standard InChI is InChI=1S/C8H17Si2/c1-7-10(5,6)8-9(2,3)4/h8H2,2-6H3/q-1. The molecule has 2 heteroatoms. The average molecular weight is 169 g/mol. The molecule has 0 amide bonds. The molecule has 0 aromatic rings. The zero-order valence-electron chi connectivity index (χ0n) is 7.71. The van der Waals surface area contributed by atoms with Crippen LogP contribution in [-0.2, 0) is 0 Å². The zero-order valence-corrected chi connectivity index (χ0v) is 9.71. The smallest absolute Gasteiger partial charge is 0.0811 e. The first-order valence-corrected chi connectivity index (χ1v) is 10.6. The van der Waals surface area contributed by atoms with E-state index in [0.29, 0.717) is 0 Å². The van der Waals surface area contributed by atoms with Crippen molar-refractivity contribution in [3.8, 4) is 5.54 Å². The molecule has 0 aromatic carbocycles. The van der Waals surface area contributed by atoms with E-state index in [4.69, 9.17) is 6.42 Å². The first-order valence-electron chi connectivity index (χ1n) is 3.71. The maximum atomic E-state index is 7.12. The van der Waals surface area contributed by atoms with Gasteiger partial charge in [0, 0.05) is 8.07 Å². The predicted octanol–water partition coefficient (Wildman–Crippen LogP) is 2.70. The van der Waals surface area contributed by atoms with E-state index in [1.54, 1.807) is 0 Å². The van der Waals surface area contributed by atoms with Gasteiger partial charge in [-0.3, -0.25) is 0 Å². The molecule has 0 unspecified atom stereocenters. The third-order valence-electron chi connectivity index (χ3n) is 1.31. The Hall–Kier alpha value is -0.00623. The lowest BCUT2D eigenvalue weighted by Gasteiger charge is -2.27. The number of hydrogen-bond donors (Lipinski definition) is 0. The van der Waals surface area contributed by atoms with Gasteiger partial charge in [-0.15, -0.1) is 0 Å². The molecular formula is C8H17Si2-. The largest absolute Gasteiger partial charge is 0.701 e. The second-order valence-electron chi connectivity index (χ2n) is 4.75. The van der Waals surface area contributed by atoms with Crippen LogP contribution in [0.25, 0.3) is 0 Å². The molecule has 0 aliphatic rings. The fourth-order valence-corrected chi connectivity index (χ4v) is 12.3. The summed E-state index contributed by atoms with van der Waals surface area (Å²) in [5.41, 5.74) is 4.02. The average Bonchev–Trinajstić information content (AvgIpc) is 1.60. The SMILES string of the molecule is [C-]#C[Si](C)(C)C[Si](C)(C)C. The molecule has 0 saturated carbocycles. The van der Waals surface area contributed by atoms with E-state index in [-0.39, 0.29) is 0 Å². The Labute approximate surface area is 67.1 Å². The minimum atomic E-state index is -1.33. The van der Waals surface area contributed by atoms with E-state index in [1.807, 2.05) is 0 Å².